The molecule has 1 heterocycles. The Balaban J connectivity index is 1.87. The van der Waals surface area contributed by atoms with Gasteiger partial charge in [0.1, 0.15) is 5.82 Å². The smallest absolute Gasteiger partial charge is 0.109 e. The van der Waals surface area contributed by atoms with Crippen LogP contribution in [0.4, 0.5) is 0 Å². The van der Waals surface area contributed by atoms with Gasteiger partial charge in [0.2, 0.25) is 0 Å². The molecule has 0 amide bonds. The fraction of sp³-hybridized carbons (Fsp3) is 0.235. The summed E-state index contributed by atoms with van der Waals surface area (Å²) in [6.45, 7) is 2.12. The molecule has 96 valence electrons. The van der Waals surface area contributed by atoms with E-state index in [0.29, 0.717) is 0 Å². The Morgan fingerprint density at radius 1 is 1.00 bits per heavy atom. The van der Waals surface area contributed by atoms with Gasteiger partial charge in [-0.2, -0.15) is 0 Å². The SMILES string of the molecule is Cc1ccc2nc(CCc3ccccc3)n(C)c2c1. The Labute approximate surface area is 113 Å². The zero-order chi connectivity index (χ0) is 13.2. The number of imidazole rings is 1. The van der Waals surface area contributed by atoms with Gasteiger partial charge in [-0.05, 0) is 36.6 Å². The summed E-state index contributed by atoms with van der Waals surface area (Å²) in [7, 11) is 2.11. The quantitative estimate of drug-likeness (QED) is 0.693. The van der Waals surface area contributed by atoms with Crippen LogP contribution in [0.5, 0.6) is 0 Å². The first-order valence-electron chi connectivity index (χ1n) is 6.70. The molecule has 0 bridgehead atoms. The zero-order valence-electron chi connectivity index (χ0n) is 11.4. The molecule has 0 saturated carbocycles. The van der Waals surface area contributed by atoms with Crippen LogP contribution in [0.25, 0.3) is 11.0 Å². The Morgan fingerprint density at radius 2 is 1.79 bits per heavy atom. The molecule has 19 heavy (non-hydrogen) atoms. The average molecular weight is 250 g/mol. The Bertz CT molecular complexity index is 696. The summed E-state index contributed by atoms with van der Waals surface area (Å²) >= 11 is 0. The van der Waals surface area contributed by atoms with Crippen LogP contribution in [0.3, 0.4) is 0 Å². The van der Waals surface area contributed by atoms with E-state index in [1.165, 1.54) is 16.6 Å². The fourth-order valence-corrected chi connectivity index (χ4v) is 2.47. The second kappa shape index (κ2) is 4.88. The molecule has 0 radical (unpaired) electrons. The molecule has 2 nitrogen and oxygen atoms in total. The largest absolute Gasteiger partial charge is 0.331 e. The van der Waals surface area contributed by atoms with Crippen LogP contribution in [-0.2, 0) is 19.9 Å². The number of nitrogens with zero attached hydrogens (tertiary/aromatic N) is 2. The van der Waals surface area contributed by atoms with Gasteiger partial charge in [-0.25, -0.2) is 4.98 Å². The number of aromatic nitrogens is 2. The van der Waals surface area contributed by atoms with Gasteiger partial charge in [-0.15, -0.1) is 0 Å². The second-order valence-electron chi connectivity index (χ2n) is 5.06. The molecule has 0 saturated heterocycles. The van der Waals surface area contributed by atoms with Gasteiger partial charge in [-0.3, -0.25) is 0 Å². The summed E-state index contributed by atoms with van der Waals surface area (Å²) in [5.41, 5.74) is 4.97. The van der Waals surface area contributed by atoms with Crippen LogP contribution in [0.15, 0.2) is 48.5 Å². The number of aryl methyl sites for hydroxylation is 4. The van der Waals surface area contributed by atoms with E-state index in [9.17, 15) is 0 Å². The molecule has 3 aromatic rings. The van der Waals surface area contributed by atoms with E-state index in [4.69, 9.17) is 4.98 Å². The zero-order valence-corrected chi connectivity index (χ0v) is 11.4. The van der Waals surface area contributed by atoms with Gasteiger partial charge in [0.15, 0.2) is 0 Å². The minimum absolute atomic E-state index is 0.980. The number of hydrogen-bond donors (Lipinski definition) is 0. The van der Waals surface area contributed by atoms with Gasteiger partial charge in [0, 0.05) is 13.5 Å². The van der Waals surface area contributed by atoms with Crippen molar-refractivity contribution in [2.45, 2.75) is 19.8 Å². The van der Waals surface area contributed by atoms with Gasteiger partial charge >= 0.3 is 0 Å². The maximum Gasteiger partial charge on any atom is 0.109 e. The molecule has 0 unspecified atom stereocenters. The highest BCUT2D eigenvalue weighted by Gasteiger charge is 2.07. The molecule has 0 N–H and O–H groups in total. The minimum Gasteiger partial charge on any atom is -0.331 e. The van der Waals surface area contributed by atoms with E-state index < -0.39 is 0 Å². The first-order valence-corrected chi connectivity index (χ1v) is 6.70. The van der Waals surface area contributed by atoms with E-state index in [1.54, 1.807) is 0 Å². The third kappa shape index (κ3) is 2.39. The number of fused-ring (bicyclic) bond motifs is 1. The summed E-state index contributed by atoms with van der Waals surface area (Å²) in [4.78, 5) is 4.73. The maximum atomic E-state index is 4.73. The Hall–Kier alpha value is -2.09. The first kappa shape index (κ1) is 12.0. The van der Waals surface area contributed by atoms with Crippen LogP contribution >= 0.6 is 0 Å². The minimum atomic E-state index is 0.980. The highest BCUT2D eigenvalue weighted by Crippen LogP contribution is 2.17. The lowest BCUT2D eigenvalue weighted by molar-refractivity contribution is 0.787. The van der Waals surface area contributed by atoms with Crippen molar-refractivity contribution in [1.82, 2.24) is 9.55 Å². The van der Waals surface area contributed by atoms with E-state index in [0.717, 1.165) is 24.2 Å². The normalized spacial score (nSPS) is 11.1. The molecular formula is C17H18N2. The second-order valence-corrected chi connectivity index (χ2v) is 5.06. The molecule has 3 rings (SSSR count). The fourth-order valence-electron chi connectivity index (χ4n) is 2.47. The van der Waals surface area contributed by atoms with Crippen LogP contribution in [0.1, 0.15) is 17.0 Å². The van der Waals surface area contributed by atoms with E-state index in [2.05, 4.69) is 67.1 Å². The first-order chi connectivity index (χ1) is 9.24. The molecular weight excluding hydrogens is 232 g/mol. The average Bonchev–Trinajstić information content (AvgIpc) is 2.74. The third-order valence-corrected chi connectivity index (χ3v) is 3.61. The van der Waals surface area contributed by atoms with Crippen LogP contribution in [0, 0.1) is 6.92 Å². The Morgan fingerprint density at radius 3 is 2.58 bits per heavy atom. The van der Waals surface area contributed by atoms with Crippen LogP contribution < -0.4 is 0 Å². The van der Waals surface area contributed by atoms with Crippen LogP contribution in [0.2, 0.25) is 0 Å². The summed E-state index contributed by atoms with van der Waals surface area (Å²) < 4.78 is 2.21. The summed E-state index contributed by atoms with van der Waals surface area (Å²) in [5.74, 6) is 1.16. The standard InChI is InChI=1S/C17H18N2/c1-13-8-10-15-16(12-13)19(2)17(18-15)11-9-14-6-4-3-5-7-14/h3-8,10,12H,9,11H2,1-2H3. The monoisotopic (exact) mass is 250 g/mol. The van der Waals surface area contributed by atoms with Gasteiger partial charge < -0.3 is 4.57 Å². The van der Waals surface area contributed by atoms with Crippen molar-refractivity contribution in [1.29, 1.82) is 0 Å². The molecule has 0 aliphatic rings. The maximum absolute atomic E-state index is 4.73. The number of benzene rings is 2. The predicted octanol–water partition coefficient (Wildman–Crippen LogP) is 3.67. The lowest BCUT2D eigenvalue weighted by Crippen LogP contribution is -2.00. The molecule has 0 aliphatic heterocycles. The number of rotatable bonds is 3. The van der Waals surface area contributed by atoms with Crippen molar-refractivity contribution in [3.8, 4) is 0 Å². The Kier molecular flexibility index (Phi) is 3.08. The van der Waals surface area contributed by atoms with Gasteiger partial charge in [-0.1, -0.05) is 36.4 Å². The van der Waals surface area contributed by atoms with E-state index in [-0.39, 0.29) is 0 Å². The van der Waals surface area contributed by atoms with Crippen molar-refractivity contribution in [3.63, 3.8) is 0 Å². The highest BCUT2D eigenvalue weighted by atomic mass is 15.1. The van der Waals surface area contributed by atoms with Crippen molar-refractivity contribution >= 4 is 11.0 Å². The van der Waals surface area contributed by atoms with E-state index >= 15 is 0 Å². The topological polar surface area (TPSA) is 17.8 Å². The summed E-state index contributed by atoms with van der Waals surface area (Å²) in [6.07, 6.45) is 2.02. The van der Waals surface area contributed by atoms with Gasteiger partial charge in [0.25, 0.3) is 0 Å². The highest BCUT2D eigenvalue weighted by molar-refractivity contribution is 5.76. The molecule has 0 fully saturated rings. The molecule has 0 atom stereocenters. The molecule has 2 aromatic carbocycles. The lowest BCUT2D eigenvalue weighted by atomic mass is 10.1. The lowest BCUT2D eigenvalue weighted by Gasteiger charge is -2.03. The summed E-state index contributed by atoms with van der Waals surface area (Å²) in [5, 5.41) is 0. The molecule has 1 aromatic heterocycles. The molecule has 2 heteroatoms. The third-order valence-electron chi connectivity index (χ3n) is 3.61. The molecule has 0 aliphatic carbocycles. The summed E-state index contributed by atoms with van der Waals surface area (Å²) in [6, 6.07) is 17.0. The van der Waals surface area contributed by atoms with E-state index in [1.807, 2.05) is 0 Å². The van der Waals surface area contributed by atoms with Crippen molar-refractivity contribution in [2.75, 3.05) is 0 Å². The molecule has 0 spiro atoms. The van der Waals surface area contributed by atoms with Crippen molar-refractivity contribution in [2.24, 2.45) is 7.05 Å². The number of hydrogen-bond acceptors (Lipinski definition) is 1. The van der Waals surface area contributed by atoms with Gasteiger partial charge in [0.05, 0.1) is 11.0 Å². The van der Waals surface area contributed by atoms with Crippen LogP contribution in [-0.4, -0.2) is 9.55 Å². The predicted molar refractivity (Wildman–Crippen MR) is 79.3 cm³/mol. The van der Waals surface area contributed by atoms with Crippen molar-refractivity contribution in [3.05, 3.63) is 65.5 Å². The van der Waals surface area contributed by atoms with Crippen molar-refractivity contribution < 1.29 is 0 Å².